The molecule has 11 rings (SSSR count). The molecule has 0 atom stereocenters. The van der Waals surface area contributed by atoms with Crippen LogP contribution in [0.25, 0.3) is 66.2 Å². The van der Waals surface area contributed by atoms with Crippen LogP contribution in [0.3, 0.4) is 0 Å². The molecule has 0 radical (unpaired) electrons. The molecule has 0 bridgehead atoms. The number of benzene rings is 7. The van der Waals surface area contributed by atoms with Gasteiger partial charge in [0, 0.05) is 34.6 Å². The Hall–Kier alpha value is -6.64. The molecule has 9 aromatic rings. The predicted molar refractivity (Wildman–Crippen MR) is 222 cm³/mol. The Morgan fingerprint density at radius 2 is 1.13 bits per heavy atom. The number of nitrogens with zero attached hydrogens (tertiary/aromatic N) is 2. The third-order valence-electron chi connectivity index (χ3n) is 11.7. The topological polar surface area (TPSA) is 9.86 Å². The molecule has 0 aliphatic heterocycles. The van der Waals surface area contributed by atoms with Gasteiger partial charge in [-0.05, 0) is 117 Å². The molecule has 0 N–H and O–H groups in total. The lowest BCUT2D eigenvalue weighted by atomic mass is 9.67. The first-order valence-corrected chi connectivity index (χ1v) is 18.7. The van der Waals surface area contributed by atoms with Gasteiger partial charge in [0.05, 0.1) is 16.4 Å². The smallest absolute Gasteiger partial charge is 0.0714 e. The average molecular weight is 677 g/mol. The minimum Gasteiger partial charge on any atom is -0.317 e. The van der Waals surface area contributed by atoms with Gasteiger partial charge < -0.3 is 9.13 Å². The van der Waals surface area contributed by atoms with Crippen LogP contribution in [0.5, 0.6) is 0 Å². The summed E-state index contributed by atoms with van der Waals surface area (Å²) in [6.07, 6.45) is 13.5. The van der Waals surface area contributed by atoms with Crippen LogP contribution in [0, 0.1) is 0 Å². The largest absolute Gasteiger partial charge is 0.317 e. The second kappa shape index (κ2) is 11.7. The van der Waals surface area contributed by atoms with Crippen LogP contribution in [0.1, 0.15) is 35.1 Å². The fraction of sp³-hybridized carbons (Fsp3) is 0.0588. The van der Waals surface area contributed by atoms with Crippen molar-refractivity contribution in [1.82, 2.24) is 9.13 Å². The van der Waals surface area contributed by atoms with Crippen LogP contribution in [0.15, 0.2) is 194 Å². The molecular formula is C51H36N2. The Morgan fingerprint density at radius 1 is 0.472 bits per heavy atom. The van der Waals surface area contributed by atoms with Gasteiger partial charge in [0.15, 0.2) is 0 Å². The highest BCUT2D eigenvalue weighted by Crippen LogP contribution is 2.57. The van der Waals surface area contributed by atoms with Crippen molar-refractivity contribution in [3.05, 3.63) is 217 Å². The van der Waals surface area contributed by atoms with E-state index in [1.807, 2.05) is 0 Å². The van der Waals surface area contributed by atoms with Crippen LogP contribution in [0.4, 0.5) is 0 Å². The molecule has 0 unspecified atom stereocenters. The fourth-order valence-electron chi connectivity index (χ4n) is 9.34. The number of allylic oxidation sites excluding steroid dienone is 4. The number of para-hydroxylation sites is 1. The molecule has 0 spiro atoms. The van der Waals surface area contributed by atoms with Crippen LogP contribution >= 0.6 is 0 Å². The fourth-order valence-corrected chi connectivity index (χ4v) is 9.34. The van der Waals surface area contributed by atoms with Gasteiger partial charge in [0.1, 0.15) is 0 Å². The molecule has 250 valence electrons. The molecule has 0 saturated carbocycles. The zero-order chi connectivity index (χ0) is 34.9. The quantitative estimate of drug-likeness (QED) is 0.172. The molecule has 0 fully saturated rings. The summed E-state index contributed by atoms with van der Waals surface area (Å²) in [5, 5.41) is 5.03. The standard InChI is InChI=1S/C51H36N2/c1-4-15-38(16-5-1)51(39-17-6-2-7-18-39)47-33-36(24-26-43(47)44-27-25-41(34-48(44)51)52-30-28-35-14-10-13-23-49(35)52)46-32-37-29-31-53(40-19-8-3-9-20-40)50(37)45-22-12-11-21-42(45)46/h1-2,4-8,10-34H,3,9H2. The Labute approximate surface area is 309 Å². The van der Waals surface area contributed by atoms with Gasteiger partial charge >= 0.3 is 0 Å². The molecule has 7 aromatic carbocycles. The number of aromatic nitrogens is 2. The molecule has 2 aliphatic rings. The monoisotopic (exact) mass is 676 g/mol. The van der Waals surface area contributed by atoms with Crippen molar-refractivity contribution >= 4 is 38.3 Å². The zero-order valence-corrected chi connectivity index (χ0v) is 29.3. The molecule has 53 heavy (non-hydrogen) atoms. The SMILES string of the molecule is C1=CC(n2ccc3cc(-c4ccc5c(c4)C(c4ccccc4)(c4ccccc4)c4cc(-n6ccc7ccccc76)ccc4-5)c4ccccc4c32)=CCC1. The Balaban J connectivity index is 1.18. The average Bonchev–Trinajstić information content (AvgIpc) is 3.94. The van der Waals surface area contributed by atoms with E-state index in [0.717, 1.165) is 18.5 Å². The molecule has 2 nitrogen and oxygen atoms in total. The van der Waals surface area contributed by atoms with Crippen molar-refractivity contribution in [2.24, 2.45) is 0 Å². The summed E-state index contributed by atoms with van der Waals surface area (Å²) in [5.74, 6) is 0. The summed E-state index contributed by atoms with van der Waals surface area (Å²) in [7, 11) is 0. The lowest BCUT2D eigenvalue weighted by Crippen LogP contribution is -2.28. The minimum atomic E-state index is -0.523. The third kappa shape index (κ3) is 4.39. The Morgan fingerprint density at radius 3 is 1.91 bits per heavy atom. The van der Waals surface area contributed by atoms with Crippen molar-refractivity contribution in [3.8, 4) is 27.9 Å². The van der Waals surface area contributed by atoms with Crippen LogP contribution in [0.2, 0.25) is 0 Å². The van der Waals surface area contributed by atoms with Gasteiger partial charge in [0.2, 0.25) is 0 Å². The second-order valence-corrected chi connectivity index (χ2v) is 14.4. The first kappa shape index (κ1) is 30.0. The predicted octanol–water partition coefficient (Wildman–Crippen LogP) is 13.0. The lowest BCUT2D eigenvalue weighted by molar-refractivity contribution is 0.767. The third-order valence-corrected chi connectivity index (χ3v) is 11.7. The van der Waals surface area contributed by atoms with Crippen LogP contribution in [-0.2, 0) is 5.41 Å². The number of rotatable bonds is 5. The second-order valence-electron chi connectivity index (χ2n) is 14.4. The zero-order valence-electron chi connectivity index (χ0n) is 29.3. The summed E-state index contributed by atoms with van der Waals surface area (Å²) >= 11 is 0. The van der Waals surface area contributed by atoms with E-state index < -0.39 is 5.41 Å². The molecule has 2 aromatic heterocycles. The first-order valence-electron chi connectivity index (χ1n) is 18.7. The van der Waals surface area contributed by atoms with Gasteiger partial charge in [-0.3, -0.25) is 0 Å². The van der Waals surface area contributed by atoms with Crippen LogP contribution in [-0.4, -0.2) is 9.13 Å². The molecular weight excluding hydrogens is 641 g/mol. The summed E-state index contributed by atoms with van der Waals surface area (Å²) in [6.45, 7) is 0. The Kier molecular flexibility index (Phi) is 6.63. The number of hydrogen-bond acceptors (Lipinski definition) is 0. The first-order chi connectivity index (χ1) is 26.3. The van der Waals surface area contributed by atoms with Gasteiger partial charge in [-0.1, -0.05) is 133 Å². The lowest BCUT2D eigenvalue weighted by Gasteiger charge is -2.34. The van der Waals surface area contributed by atoms with Crippen molar-refractivity contribution in [1.29, 1.82) is 0 Å². The molecule has 0 amide bonds. The van der Waals surface area contributed by atoms with E-state index in [0.29, 0.717) is 0 Å². The van der Waals surface area contributed by atoms with Crippen molar-refractivity contribution < 1.29 is 0 Å². The number of fused-ring (bicyclic) bond motifs is 7. The highest BCUT2D eigenvalue weighted by molar-refractivity contribution is 6.14. The van der Waals surface area contributed by atoms with Gasteiger partial charge in [-0.15, -0.1) is 0 Å². The van der Waals surface area contributed by atoms with Crippen molar-refractivity contribution in [3.63, 3.8) is 0 Å². The summed E-state index contributed by atoms with van der Waals surface area (Å²) < 4.78 is 4.70. The van der Waals surface area contributed by atoms with E-state index in [1.54, 1.807) is 0 Å². The summed E-state index contributed by atoms with van der Waals surface area (Å²) in [4.78, 5) is 0. The van der Waals surface area contributed by atoms with Gasteiger partial charge in [0.25, 0.3) is 0 Å². The molecule has 0 saturated heterocycles. The maximum atomic E-state index is 2.50. The molecule has 2 heterocycles. The van der Waals surface area contributed by atoms with E-state index in [-0.39, 0.29) is 0 Å². The Bertz CT molecular complexity index is 2900. The highest BCUT2D eigenvalue weighted by atomic mass is 15.0. The van der Waals surface area contributed by atoms with E-state index in [2.05, 4.69) is 204 Å². The van der Waals surface area contributed by atoms with E-state index in [9.17, 15) is 0 Å². The normalized spacial score (nSPS) is 14.5. The maximum absolute atomic E-state index is 2.50. The van der Waals surface area contributed by atoms with E-state index in [4.69, 9.17) is 0 Å². The summed E-state index contributed by atoms with van der Waals surface area (Å²) in [5.41, 5.74) is 14.6. The van der Waals surface area contributed by atoms with E-state index in [1.165, 1.54) is 82.8 Å². The summed E-state index contributed by atoms with van der Waals surface area (Å²) in [6, 6.07) is 61.1. The highest BCUT2D eigenvalue weighted by Gasteiger charge is 2.46. The van der Waals surface area contributed by atoms with Crippen LogP contribution < -0.4 is 0 Å². The van der Waals surface area contributed by atoms with E-state index >= 15 is 0 Å². The van der Waals surface area contributed by atoms with Gasteiger partial charge in [-0.2, -0.15) is 0 Å². The molecule has 2 aliphatic carbocycles. The maximum Gasteiger partial charge on any atom is 0.0714 e. The minimum absolute atomic E-state index is 0.523. The van der Waals surface area contributed by atoms with Crippen molar-refractivity contribution in [2.75, 3.05) is 0 Å². The molecule has 2 heteroatoms. The number of hydrogen-bond donors (Lipinski definition) is 0. The van der Waals surface area contributed by atoms with Gasteiger partial charge in [-0.25, -0.2) is 0 Å². The van der Waals surface area contributed by atoms with Crippen molar-refractivity contribution in [2.45, 2.75) is 18.3 Å².